The van der Waals surface area contributed by atoms with Gasteiger partial charge in [0, 0.05) is 12.1 Å². The van der Waals surface area contributed by atoms with Gasteiger partial charge in [0.25, 0.3) is 5.91 Å². The molecule has 7 nitrogen and oxygen atoms in total. The lowest BCUT2D eigenvalue weighted by atomic mass is 10.2. The van der Waals surface area contributed by atoms with Crippen LogP contribution in [0.15, 0.2) is 53.4 Å². The summed E-state index contributed by atoms with van der Waals surface area (Å²) >= 11 is 0. The summed E-state index contributed by atoms with van der Waals surface area (Å²) < 4.78 is 58.1. The average molecular weight is 427 g/mol. The number of nitrogens with one attached hydrogen (secondary N) is 1. The minimum atomic E-state index is -4.76. The Hall–Kier alpha value is -3.01. The number of sulfone groups is 1. The molecule has 1 N–H and O–H groups in total. The van der Waals surface area contributed by atoms with E-state index in [4.69, 9.17) is 9.47 Å². The molecule has 0 spiro atoms. The largest absolute Gasteiger partial charge is 0.496 e. The van der Waals surface area contributed by atoms with Crippen LogP contribution in [0.3, 0.4) is 0 Å². The Kier molecular flexibility index (Phi) is 7.27. The number of carbonyl (C=O) groups excluding carboxylic acids is 2. The van der Waals surface area contributed by atoms with Gasteiger partial charge >= 0.3 is 11.7 Å². The predicted molar refractivity (Wildman–Crippen MR) is 99.4 cm³/mol. The lowest BCUT2D eigenvalue weighted by Gasteiger charge is -2.15. The van der Waals surface area contributed by atoms with Crippen LogP contribution in [0, 0.1) is 0 Å². The molecule has 0 saturated carbocycles. The van der Waals surface area contributed by atoms with Gasteiger partial charge in [0.15, 0.2) is 6.10 Å². The van der Waals surface area contributed by atoms with Crippen LogP contribution < -0.4 is 10.1 Å². The van der Waals surface area contributed by atoms with Gasteiger partial charge in [0.05, 0.1) is 17.6 Å². The summed E-state index contributed by atoms with van der Waals surface area (Å²) in [6.45, 7) is 1.52. The van der Waals surface area contributed by atoms with Crippen LogP contribution >= 0.6 is 0 Å². The summed E-state index contributed by atoms with van der Waals surface area (Å²) in [7, 11) is -3.25. The van der Waals surface area contributed by atoms with Crippen LogP contribution in [-0.2, 0) is 25.9 Å². The molecule has 0 radical (unpaired) electrons. The van der Waals surface area contributed by atoms with Crippen molar-refractivity contribution in [1.29, 1.82) is 0 Å². The molecule has 1 unspecified atom stereocenters. The van der Waals surface area contributed by atoms with Crippen molar-refractivity contribution in [2.24, 2.45) is 0 Å². The number of alkyl halides is 2. The van der Waals surface area contributed by atoms with Crippen molar-refractivity contribution in [3.05, 3.63) is 59.7 Å². The number of methoxy groups -OCH3 is 1. The summed E-state index contributed by atoms with van der Waals surface area (Å²) in [6.07, 6.45) is -1.14. The second-order valence-electron chi connectivity index (χ2n) is 5.91. The number of ether oxygens (including phenoxy) is 2. The van der Waals surface area contributed by atoms with E-state index in [0.29, 0.717) is 5.75 Å². The maximum absolute atomic E-state index is 12.5. The summed E-state index contributed by atoms with van der Waals surface area (Å²) in [5.74, 6) is -4.42. The van der Waals surface area contributed by atoms with Gasteiger partial charge < -0.3 is 14.8 Å². The first-order valence-electron chi connectivity index (χ1n) is 8.39. The van der Waals surface area contributed by atoms with Gasteiger partial charge in [0.1, 0.15) is 5.75 Å². The molecule has 0 aliphatic heterocycles. The number of benzene rings is 2. The maximum Gasteiger partial charge on any atom is 0.341 e. The highest BCUT2D eigenvalue weighted by Gasteiger charge is 2.27. The SMILES string of the molecule is COc1ccccc1CNC(=O)C(C)OC(=O)c1ccc(S(=O)(=O)C(F)F)cc1. The Morgan fingerprint density at radius 3 is 2.28 bits per heavy atom. The minimum Gasteiger partial charge on any atom is -0.496 e. The highest BCUT2D eigenvalue weighted by atomic mass is 32.2. The average Bonchev–Trinajstić information content (AvgIpc) is 2.71. The molecule has 1 atom stereocenters. The van der Waals surface area contributed by atoms with Crippen LogP contribution in [0.5, 0.6) is 5.75 Å². The third-order valence-corrected chi connectivity index (χ3v) is 5.35. The smallest absolute Gasteiger partial charge is 0.341 e. The number of carbonyl (C=O) groups is 2. The molecule has 1 amide bonds. The Labute approximate surface area is 166 Å². The monoisotopic (exact) mass is 427 g/mol. The first-order valence-corrected chi connectivity index (χ1v) is 9.94. The topological polar surface area (TPSA) is 98.8 Å². The van der Waals surface area contributed by atoms with Crippen LogP contribution in [0.2, 0.25) is 0 Å². The maximum atomic E-state index is 12.5. The van der Waals surface area contributed by atoms with Crippen molar-refractivity contribution >= 4 is 21.7 Å². The van der Waals surface area contributed by atoms with Crippen molar-refractivity contribution in [3.8, 4) is 5.75 Å². The van der Waals surface area contributed by atoms with Crippen LogP contribution in [-0.4, -0.2) is 39.3 Å². The van der Waals surface area contributed by atoms with Gasteiger partial charge in [-0.25, -0.2) is 13.2 Å². The lowest BCUT2D eigenvalue weighted by molar-refractivity contribution is -0.129. The van der Waals surface area contributed by atoms with Crippen molar-refractivity contribution < 1.29 is 36.3 Å². The molecule has 0 heterocycles. The summed E-state index contributed by atoms with van der Waals surface area (Å²) in [5, 5.41) is 2.61. The minimum absolute atomic E-state index is 0.0809. The molecular weight excluding hydrogens is 408 g/mol. The highest BCUT2D eigenvalue weighted by Crippen LogP contribution is 2.19. The zero-order valence-electron chi connectivity index (χ0n) is 15.6. The molecule has 2 rings (SSSR count). The standard InChI is InChI=1S/C19H19F2NO6S/c1-12(17(23)22-11-14-5-3-4-6-16(14)27-2)28-18(24)13-7-9-15(10-8-13)29(25,26)19(20)21/h3-10,12,19H,11H2,1-2H3,(H,22,23). The van der Waals surface area contributed by atoms with E-state index in [1.54, 1.807) is 24.3 Å². The molecule has 0 saturated heterocycles. The van der Waals surface area contributed by atoms with Gasteiger partial charge in [-0.3, -0.25) is 4.79 Å². The fourth-order valence-corrected chi connectivity index (χ4v) is 3.06. The van der Waals surface area contributed by atoms with E-state index in [2.05, 4.69) is 5.32 Å². The molecule has 2 aromatic rings. The molecule has 2 aromatic carbocycles. The van der Waals surface area contributed by atoms with E-state index in [0.717, 1.165) is 29.8 Å². The quantitative estimate of drug-likeness (QED) is 0.650. The molecule has 0 bridgehead atoms. The number of amides is 1. The van der Waals surface area contributed by atoms with Crippen LogP contribution in [0.25, 0.3) is 0 Å². The number of rotatable bonds is 8. The third-order valence-electron chi connectivity index (χ3n) is 3.95. The Morgan fingerprint density at radius 2 is 1.69 bits per heavy atom. The van der Waals surface area contributed by atoms with Crippen molar-refractivity contribution in [2.75, 3.05) is 7.11 Å². The van der Waals surface area contributed by atoms with Gasteiger partial charge in [-0.1, -0.05) is 18.2 Å². The molecular formula is C19H19F2NO6S. The zero-order valence-corrected chi connectivity index (χ0v) is 16.4. The van der Waals surface area contributed by atoms with Gasteiger partial charge in [-0.05, 0) is 37.3 Å². The zero-order chi connectivity index (χ0) is 21.6. The Morgan fingerprint density at radius 1 is 1.07 bits per heavy atom. The number of hydrogen-bond donors (Lipinski definition) is 1. The normalized spacial score (nSPS) is 12.3. The van der Waals surface area contributed by atoms with Crippen molar-refractivity contribution in [2.45, 2.75) is 30.2 Å². The lowest BCUT2D eigenvalue weighted by Crippen LogP contribution is -2.35. The summed E-state index contributed by atoms with van der Waals surface area (Å²) in [4.78, 5) is 23.6. The fourth-order valence-electron chi connectivity index (χ4n) is 2.34. The predicted octanol–water partition coefficient (Wildman–Crippen LogP) is 2.55. The van der Waals surface area contributed by atoms with E-state index >= 15 is 0 Å². The van der Waals surface area contributed by atoms with E-state index in [1.165, 1.54) is 14.0 Å². The van der Waals surface area contributed by atoms with Crippen molar-refractivity contribution in [1.82, 2.24) is 5.32 Å². The Balaban J connectivity index is 1.96. The number of para-hydroxylation sites is 1. The summed E-state index contributed by atoms with van der Waals surface area (Å²) in [5.41, 5.74) is 0.653. The summed E-state index contributed by atoms with van der Waals surface area (Å²) in [6, 6.07) is 10.9. The van der Waals surface area contributed by atoms with Gasteiger partial charge in [0.2, 0.25) is 9.84 Å². The number of esters is 1. The van der Waals surface area contributed by atoms with Gasteiger partial charge in [-0.15, -0.1) is 0 Å². The molecule has 0 aromatic heterocycles. The second kappa shape index (κ2) is 9.46. The van der Waals surface area contributed by atoms with E-state index < -0.39 is 38.5 Å². The highest BCUT2D eigenvalue weighted by molar-refractivity contribution is 7.91. The Bertz CT molecular complexity index is 976. The first-order chi connectivity index (χ1) is 13.7. The van der Waals surface area contributed by atoms with E-state index in [-0.39, 0.29) is 12.1 Å². The molecule has 156 valence electrons. The van der Waals surface area contributed by atoms with Gasteiger partial charge in [-0.2, -0.15) is 8.78 Å². The number of hydrogen-bond acceptors (Lipinski definition) is 6. The number of halogens is 2. The molecule has 0 aliphatic rings. The van der Waals surface area contributed by atoms with E-state index in [9.17, 15) is 26.8 Å². The third kappa shape index (κ3) is 5.50. The van der Waals surface area contributed by atoms with Crippen molar-refractivity contribution in [3.63, 3.8) is 0 Å². The molecule has 0 aliphatic carbocycles. The van der Waals surface area contributed by atoms with Crippen LogP contribution in [0.1, 0.15) is 22.8 Å². The molecule has 29 heavy (non-hydrogen) atoms. The van der Waals surface area contributed by atoms with Crippen LogP contribution in [0.4, 0.5) is 8.78 Å². The second-order valence-corrected chi connectivity index (χ2v) is 7.82. The fraction of sp³-hybridized carbons (Fsp3) is 0.263. The van der Waals surface area contributed by atoms with E-state index in [1.807, 2.05) is 0 Å². The molecule has 10 heteroatoms. The molecule has 0 fully saturated rings. The first kappa shape index (κ1) is 22.3.